The lowest BCUT2D eigenvalue weighted by Crippen LogP contribution is -1.91. The fourth-order valence-electron chi connectivity index (χ4n) is 0. The third kappa shape index (κ3) is 2460. The molecule has 3 nitrogen and oxygen atoms in total. The molecule has 0 aromatic rings. The lowest BCUT2D eigenvalue weighted by molar-refractivity contribution is -0.164. The SMILES string of the molecule is N[P+](=O)[O-].[B]. The topological polar surface area (TPSA) is 66.2 Å². The van der Waals surface area contributed by atoms with Crippen molar-refractivity contribution in [1.29, 1.82) is 0 Å². The van der Waals surface area contributed by atoms with Gasteiger partial charge in [-0.05, 0) is 0 Å². The molecule has 27 valence electrons. The van der Waals surface area contributed by atoms with Crippen molar-refractivity contribution >= 4 is 16.6 Å². The summed E-state index contributed by atoms with van der Waals surface area (Å²) < 4.78 is 8.81. The van der Waals surface area contributed by atoms with E-state index >= 15 is 0 Å². The van der Waals surface area contributed by atoms with Gasteiger partial charge in [0.25, 0.3) is 0 Å². The van der Waals surface area contributed by atoms with Gasteiger partial charge in [-0.15, -0.1) is 5.50 Å². The van der Waals surface area contributed by atoms with Gasteiger partial charge in [-0.2, -0.15) is 0 Å². The second kappa shape index (κ2) is 4.08. The van der Waals surface area contributed by atoms with E-state index in [0.717, 1.165) is 0 Å². The lowest BCUT2D eigenvalue weighted by Gasteiger charge is -1.59. The highest BCUT2D eigenvalue weighted by Gasteiger charge is 1.69. The van der Waals surface area contributed by atoms with Crippen LogP contribution in [-0.4, -0.2) is 8.41 Å². The molecule has 0 aliphatic carbocycles. The van der Waals surface area contributed by atoms with Crippen molar-refractivity contribution in [3.63, 3.8) is 0 Å². The van der Waals surface area contributed by atoms with Gasteiger partial charge >= 0.3 is 8.18 Å². The van der Waals surface area contributed by atoms with Gasteiger partial charge in [0.1, 0.15) is 0 Å². The molecule has 0 fully saturated rings. The largest absolute Gasteiger partial charge is 0.578 e. The predicted molar refractivity (Wildman–Crippen MR) is 17.5 cm³/mol. The van der Waals surface area contributed by atoms with Gasteiger partial charge in [0.2, 0.25) is 0 Å². The van der Waals surface area contributed by atoms with Crippen LogP contribution in [0.5, 0.6) is 0 Å². The molecule has 1 unspecified atom stereocenters. The minimum absolute atomic E-state index is 0. The van der Waals surface area contributed by atoms with Crippen molar-refractivity contribution in [2.45, 2.75) is 0 Å². The molecule has 0 aliphatic heterocycles. The van der Waals surface area contributed by atoms with E-state index in [9.17, 15) is 0 Å². The van der Waals surface area contributed by atoms with Gasteiger partial charge in [0.05, 0.1) is 0 Å². The Balaban J connectivity index is 0. The molecule has 0 rings (SSSR count). The summed E-state index contributed by atoms with van der Waals surface area (Å²) in [5, 5.41) is 0. The van der Waals surface area contributed by atoms with Crippen molar-refractivity contribution in [2.24, 2.45) is 5.50 Å². The maximum Gasteiger partial charge on any atom is 0.405 e. The van der Waals surface area contributed by atoms with Gasteiger partial charge in [-0.3, -0.25) is 0 Å². The molecule has 0 aliphatic rings. The van der Waals surface area contributed by atoms with Crippen LogP contribution >= 0.6 is 8.18 Å². The first-order valence-corrected chi connectivity index (χ1v) is 1.87. The van der Waals surface area contributed by atoms with Gasteiger partial charge in [0.15, 0.2) is 0 Å². The van der Waals surface area contributed by atoms with E-state index in [1.54, 1.807) is 0 Å². The predicted octanol–water partition coefficient (Wildman–Crippen LogP) is -1.42. The second-order valence-corrected chi connectivity index (χ2v) is 0.856. The first-order chi connectivity index (χ1) is 1.73. The van der Waals surface area contributed by atoms with Crippen molar-refractivity contribution in [2.75, 3.05) is 0 Å². The minimum Gasteiger partial charge on any atom is -0.578 e. The fourth-order valence-corrected chi connectivity index (χ4v) is 0. The highest BCUT2D eigenvalue weighted by atomic mass is 31.1. The van der Waals surface area contributed by atoms with E-state index in [2.05, 4.69) is 5.50 Å². The Kier molecular flexibility index (Phi) is 7.28. The van der Waals surface area contributed by atoms with Crippen LogP contribution in [0, 0.1) is 0 Å². The summed E-state index contributed by atoms with van der Waals surface area (Å²) in [7, 11) is -2.62. The average Bonchev–Trinajstić information content (AvgIpc) is 0.811. The molecule has 0 bridgehead atoms. The molecular formula is H2BNO2P. The maximum absolute atomic E-state index is 8.81. The molecule has 2 N–H and O–H groups in total. The zero-order valence-electron chi connectivity index (χ0n) is 2.42. The third-order valence-corrected chi connectivity index (χ3v) is 0. The van der Waals surface area contributed by atoms with Crippen LogP contribution in [0.3, 0.4) is 0 Å². The molecule has 3 radical (unpaired) electrons. The number of hydrogen-bond acceptors (Lipinski definition) is 2. The summed E-state index contributed by atoms with van der Waals surface area (Å²) in [6.07, 6.45) is 0. The Morgan fingerprint density at radius 2 is 1.80 bits per heavy atom. The summed E-state index contributed by atoms with van der Waals surface area (Å²) in [6.45, 7) is 0. The van der Waals surface area contributed by atoms with Gasteiger partial charge in [-0.1, -0.05) is 4.57 Å². The fraction of sp³-hybridized carbons (Fsp3) is 0. The molecule has 1 atom stereocenters. The van der Waals surface area contributed by atoms with E-state index in [1.165, 1.54) is 0 Å². The molecule has 0 spiro atoms. The van der Waals surface area contributed by atoms with Crippen LogP contribution in [0.1, 0.15) is 0 Å². The van der Waals surface area contributed by atoms with Crippen LogP contribution in [0.2, 0.25) is 0 Å². The molecule has 0 amide bonds. The van der Waals surface area contributed by atoms with E-state index < -0.39 is 8.18 Å². The quantitative estimate of drug-likeness (QED) is 0.293. The zero-order chi connectivity index (χ0) is 3.58. The Morgan fingerprint density at radius 1 is 1.80 bits per heavy atom. The van der Waals surface area contributed by atoms with Crippen LogP contribution in [0.15, 0.2) is 0 Å². The highest BCUT2D eigenvalue weighted by Crippen LogP contribution is 1.81. The van der Waals surface area contributed by atoms with Crippen LogP contribution < -0.4 is 10.4 Å². The zero-order valence-corrected chi connectivity index (χ0v) is 3.31. The van der Waals surface area contributed by atoms with Crippen molar-refractivity contribution < 1.29 is 9.46 Å². The van der Waals surface area contributed by atoms with Gasteiger partial charge < -0.3 is 4.89 Å². The summed E-state index contributed by atoms with van der Waals surface area (Å²) in [4.78, 5) is 8.81. The van der Waals surface area contributed by atoms with Crippen molar-refractivity contribution in [3.05, 3.63) is 0 Å². The Hall–Kier alpha value is 0.0849. The molecular weight excluding hydrogens is 87.8 g/mol. The van der Waals surface area contributed by atoms with E-state index in [1.807, 2.05) is 0 Å². The number of nitrogens with two attached hydrogens (primary N) is 1. The second-order valence-electron chi connectivity index (χ2n) is 0.285. The van der Waals surface area contributed by atoms with Crippen LogP contribution in [0.25, 0.3) is 0 Å². The molecule has 0 saturated carbocycles. The van der Waals surface area contributed by atoms with Gasteiger partial charge in [-0.25, -0.2) is 0 Å². The smallest absolute Gasteiger partial charge is 0.405 e. The Labute approximate surface area is 32.7 Å². The molecule has 5 heavy (non-hydrogen) atoms. The highest BCUT2D eigenvalue weighted by molar-refractivity contribution is 7.33. The van der Waals surface area contributed by atoms with E-state index in [4.69, 9.17) is 9.46 Å². The maximum atomic E-state index is 8.81. The van der Waals surface area contributed by atoms with Gasteiger partial charge in [0, 0.05) is 8.41 Å². The first kappa shape index (κ1) is 8.92. The summed E-state index contributed by atoms with van der Waals surface area (Å²) in [5.41, 5.74) is 4.06. The first-order valence-electron chi connectivity index (χ1n) is 0.623. The minimum atomic E-state index is -2.62. The average molecular weight is 89.8 g/mol. The standard InChI is InChI=1S/B.H2NO2P/c;1-4(2)3/h;(H2,1,2,3). The van der Waals surface area contributed by atoms with E-state index in [0.29, 0.717) is 0 Å². The molecule has 0 saturated heterocycles. The number of hydrogen-bond donors (Lipinski definition) is 1. The lowest BCUT2D eigenvalue weighted by atomic mass is 10.8. The van der Waals surface area contributed by atoms with E-state index in [-0.39, 0.29) is 8.41 Å². The molecule has 0 heterocycles. The van der Waals surface area contributed by atoms with Crippen molar-refractivity contribution in [3.8, 4) is 0 Å². The monoisotopic (exact) mass is 90.0 g/mol. The Morgan fingerprint density at radius 3 is 1.80 bits per heavy atom. The van der Waals surface area contributed by atoms with Crippen LogP contribution in [-0.2, 0) is 4.57 Å². The number of rotatable bonds is 0. The third-order valence-electron chi connectivity index (χ3n) is 0. The summed E-state index contributed by atoms with van der Waals surface area (Å²) >= 11 is 0. The molecule has 0 aromatic heterocycles. The Bertz CT molecular complexity index is 32.6. The summed E-state index contributed by atoms with van der Waals surface area (Å²) in [5.74, 6) is 0. The van der Waals surface area contributed by atoms with Crippen LogP contribution in [0.4, 0.5) is 0 Å². The van der Waals surface area contributed by atoms with Crippen molar-refractivity contribution in [1.82, 2.24) is 0 Å². The normalized spacial score (nSPS) is 8.80. The molecule has 0 aromatic carbocycles. The summed E-state index contributed by atoms with van der Waals surface area (Å²) in [6, 6.07) is 0. The molecule has 5 heteroatoms.